The van der Waals surface area contributed by atoms with Gasteiger partial charge in [0.2, 0.25) is 5.91 Å². The Morgan fingerprint density at radius 3 is 1.86 bits per heavy atom. The molecule has 2 aliphatic heterocycles. The van der Waals surface area contributed by atoms with Gasteiger partial charge in [0.1, 0.15) is 11.9 Å². The molecule has 0 saturated heterocycles. The quantitative estimate of drug-likeness (QED) is 0.167. The van der Waals surface area contributed by atoms with Crippen molar-refractivity contribution in [2.45, 2.75) is 44.7 Å². The monoisotopic (exact) mass is 603 g/mol. The fourth-order valence-electron chi connectivity index (χ4n) is 5.11. The van der Waals surface area contributed by atoms with Crippen LogP contribution < -0.4 is 26.9 Å². The molecular formula is C29H28B2FN3O9. The molecule has 0 aliphatic carbocycles. The van der Waals surface area contributed by atoms with Crippen LogP contribution in [0.4, 0.5) is 4.39 Å². The zero-order valence-corrected chi connectivity index (χ0v) is 23.5. The van der Waals surface area contributed by atoms with Gasteiger partial charge in [-0.1, -0.05) is 24.3 Å². The zero-order chi connectivity index (χ0) is 31.5. The summed E-state index contributed by atoms with van der Waals surface area (Å²) in [5.41, 5.74) is 2.86. The Hall–Kier alpha value is -4.56. The molecule has 0 bridgehead atoms. The summed E-state index contributed by atoms with van der Waals surface area (Å²) >= 11 is 0. The highest BCUT2D eigenvalue weighted by Gasteiger charge is 2.34. The number of hydrogen-bond acceptors (Lipinski definition) is 8. The lowest BCUT2D eigenvalue weighted by molar-refractivity contribution is -0.137. The van der Waals surface area contributed by atoms with Gasteiger partial charge in [0.05, 0.1) is 31.7 Å². The summed E-state index contributed by atoms with van der Waals surface area (Å²) in [5.74, 6) is -3.91. The van der Waals surface area contributed by atoms with Crippen LogP contribution in [0, 0.1) is 5.82 Å². The average Bonchev–Trinajstić information content (AvgIpc) is 3.56. The Balaban J connectivity index is 1.39. The fraction of sp³-hybridized carbons (Fsp3) is 0.241. The van der Waals surface area contributed by atoms with Gasteiger partial charge in [-0.15, -0.1) is 0 Å². The Labute approximate surface area is 251 Å². The highest BCUT2D eigenvalue weighted by Crippen LogP contribution is 2.19. The van der Waals surface area contributed by atoms with Crippen molar-refractivity contribution in [2.75, 3.05) is 0 Å². The highest BCUT2D eigenvalue weighted by molar-refractivity contribution is 6.62. The van der Waals surface area contributed by atoms with E-state index < -0.39 is 68.3 Å². The first-order valence-electron chi connectivity index (χ1n) is 13.7. The lowest BCUT2D eigenvalue weighted by atomic mass is 9.78. The van der Waals surface area contributed by atoms with Gasteiger partial charge in [0.25, 0.3) is 11.8 Å². The summed E-state index contributed by atoms with van der Waals surface area (Å²) in [6, 6.07) is 10.6. The predicted octanol–water partition coefficient (Wildman–Crippen LogP) is -0.490. The van der Waals surface area contributed by atoms with Crippen molar-refractivity contribution in [3.63, 3.8) is 0 Å². The minimum atomic E-state index is -1.42. The summed E-state index contributed by atoms with van der Waals surface area (Å²) in [4.78, 5) is 51.9. The van der Waals surface area contributed by atoms with Gasteiger partial charge >= 0.3 is 20.2 Å². The van der Waals surface area contributed by atoms with Gasteiger partial charge in [-0.2, -0.15) is 0 Å². The smallest absolute Gasteiger partial charge is 0.481 e. The molecule has 3 atom stereocenters. The van der Waals surface area contributed by atoms with E-state index in [1.807, 2.05) is 0 Å². The second kappa shape index (κ2) is 13.0. The van der Waals surface area contributed by atoms with Crippen molar-refractivity contribution in [3.05, 3.63) is 94.3 Å². The predicted molar refractivity (Wildman–Crippen MR) is 155 cm³/mol. The number of benzene rings is 3. The molecule has 6 N–H and O–H groups in total. The van der Waals surface area contributed by atoms with Crippen molar-refractivity contribution >= 4 is 48.9 Å². The molecule has 0 saturated carbocycles. The molecule has 0 radical (unpaired) electrons. The number of amides is 3. The minimum Gasteiger partial charge on any atom is -0.481 e. The summed E-state index contributed by atoms with van der Waals surface area (Å²) in [6.07, 6.45) is -0.541. The molecule has 5 rings (SSSR count). The molecule has 0 spiro atoms. The van der Waals surface area contributed by atoms with E-state index >= 15 is 0 Å². The Kier molecular flexibility index (Phi) is 9.11. The van der Waals surface area contributed by atoms with Crippen LogP contribution in [0.3, 0.4) is 0 Å². The summed E-state index contributed by atoms with van der Waals surface area (Å²) in [6.45, 7) is 1.85. The normalized spacial score (nSPS) is 15.5. The first-order valence-corrected chi connectivity index (χ1v) is 13.7. The molecule has 226 valence electrons. The van der Waals surface area contributed by atoms with Crippen molar-refractivity contribution in [1.29, 1.82) is 0 Å². The summed E-state index contributed by atoms with van der Waals surface area (Å²) in [7, 11) is -2.39. The number of carbonyl (C=O) groups excluding carboxylic acids is 3. The van der Waals surface area contributed by atoms with Crippen LogP contribution in [0.15, 0.2) is 60.7 Å². The van der Waals surface area contributed by atoms with Crippen LogP contribution in [0.25, 0.3) is 0 Å². The van der Waals surface area contributed by atoms with Crippen LogP contribution in [-0.4, -0.2) is 65.2 Å². The largest absolute Gasteiger partial charge is 0.491 e. The topological polar surface area (TPSA) is 184 Å². The summed E-state index contributed by atoms with van der Waals surface area (Å²) in [5, 5.41) is 37.5. The highest BCUT2D eigenvalue weighted by atomic mass is 19.1. The van der Waals surface area contributed by atoms with E-state index in [0.29, 0.717) is 22.1 Å². The third kappa shape index (κ3) is 6.81. The molecule has 0 aromatic heterocycles. The van der Waals surface area contributed by atoms with Gasteiger partial charge in [0, 0.05) is 11.1 Å². The van der Waals surface area contributed by atoms with Crippen LogP contribution >= 0.6 is 0 Å². The SMILES string of the molecule is CC(NC(=O)c1ccc2c(c1)B(O)OC2)C(NC(=O)c1ccc2c(c1)B(O)OC2)C(=O)NC(CC(=O)O)c1ccc(F)cc1. The molecule has 0 fully saturated rings. The van der Waals surface area contributed by atoms with E-state index in [2.05, 4.69) is 16.0 Å². The second-order valence-electron chi connectivity index (χ2n) is 10.6. The maximum atomic E-state index is 13.7. The number of carbonyl (C=O) groups is 4. The van der Waals surface area contributed by atoms with E-state index in [9.17, 15) is 38.7 Å². The molecule has 3 amide bonds. The molecule has 15 heteroatoms. The zero-order valence-electron chi connectivity index (χ0n) is 23.5. The van der Waals surface area contributed by atoms with Crippen LogP contribution in [0.2, 0.25) is 0 Å². The number of carboxylic acid groups (broad SMARTS) is 1. The lowest BCUT2D eigenvalue weighted by Gasteiger charge is -2.28. The number of hydrogen-bond donors (Lipinski definition) is 6. The van der Waals surface area contributed by atoms with Crippen molar-refractivity contribution in [1.82, 2.24) is 16.0 Å². The Morgan fingerprint density at radius 1 is 0.818 bits per heavy atom. The molecule has 3 unspecified atom stereocenters. The van der Waals surface area contributed by atoms with Gasteiger partial charge in [-0.25, -0.2) is 4.39 Å². The van der Waals surface area contributed by atoms with Crippen LogP contribution in [0.1, 0.15) is 56.8 Å². The Morgan fingerprint density at radius 2 is 1.34 bits per heavy atom. The van der Waals surface area contributed by atoms with Crippen molar-refractivity contribution < 1.29 is 48.0 Å². The molecule has 44 heavy (non-hydrogen) atoms. The molecule has 3 aromatic carbocycles. The van der Waals surface area contributed by atoms with Gasteiger partial charge in [-0.05, 0) is 70.9 Å². The molecular weight excluding hydrogens is 575 g/mol. The first-order chi connectivity index (χ1) is 21.0. The third-order valence-electron chi connectivity index (χ3n) is 7.54. The maximum Gasteiger partial charge on any atom is 0.491 e. The lowest BCUT2D eigenvalue weighted by Crippen LogP contribution is -2.58. The van der Waals surface area contributed by atoms with Crippen LogP contribution in [-0.2, 0) is 32.1 Å². The first kappa shape index (κ1) is 30.9. The van der Waals surface area contributed by atoms with E-state index in [1.165, 1.54) is 43.3 Å². The molecule has 12 nitrogen and oxygen atoms in total. The number of aliphatic carboxylic acids is 1. The van der Waals surface area contributed by atoms with Crippen LogP contribution in [0.5, 0.6) is 0 Å². The van der Waals surface area contributed by atoms with Crippen molar-refractivity contribution in [3.8, 4) is 0 Å². The second-order valence-corrected chi connectivity index (χ2v) is 10.6. The molecule has 2 aliphatic rings. The van der Waals surface area contributed by atoms with E-state index in [4.69, 9.17) is 9.31 Å². The Bertz CT molecular complexity index is 1610. The van der Waals surface area contributed by atoms with E-state index in [-0.39, 0.29) is 24.3 Å². The number of fused-ring (bicyclic) bond motifs is 2. The molecule has 3 aromatic rings. The molecule has 2 heterocycles. The number of nitrogens with one attached hydrogen (secondary N) is 3. The third-order valence-corrected chi connectivity index (χ3v) is 7.54. The number of halogens is 1. The van der Waals surface area contributed by atoms with Gasteiger partial charge in [0.15, 0.2) is 0 Å². The van der Waals surface area contributed by atoms with Crippen molar-refractivity contribution in [2.24, 2.45) is 0 Å². The van der Waals surface area contributed by atoms with E-state index in [1.54, 1.807) is 12.1 Å². The van der Waals surface area contributed by atoms with E-state index in [0.717, 1.165) is 17.7 Å². The van der Waals surface area contributed by atoms with Gasteiger partial charge < -0.3 is 40.4 Å². The average molecular weight is 603 g/mol. The number of rotatable bonds is 10. The fourth-order valence-corrected chi connectivity index (χ4v) is 5.11. The summed E-state index contributed by atoms with van der Waals surface area (Å²) < 4.78 is 23.9. The number of carboxylic acids is 1. The van der Waals surface area contributed by atoms with Gasteiger partial charge in [-0.3, -0.25) is 19.2 Å². The minimum absolute atomic E-state index is 0.109. The maximum absolute atomic E-state index is 13.7. The standard InChI is InChI=1S/C29H28B2FN3O9/c1-15(33-27(38)17-2-4-19-13-43-30(41)22(19)10-17)26(35-28(39)18-3-5-20-14-44-31(42)23(20)11-18)29(40)34-24(12-25(36)37)16-6-8-21(32)9-7-16/h2-11,15,24,26,41-42H,12-14H2,1H3,(H,33,38)(H,34,40)(H,35,39)(H,36,37).